The third-order valence-electron chi connectivity index (χ3n) is 4.68. The van der Waals surface area contributed by atoms with Crippen molar-refractivity contribution < 1.29 is 28.6 Å². The van der Waals surface area contributed by atoms with Crippen LogP contribution >= 0.6 is 0 Å². The number of rotatable bonds is 7. The standard InChI is InChI=1S/C24H31FN2O5/c1-7-19(28)27(23(30)32-24(4,5)6)21-15(3)17(13-16-9-11-18(25)12-10-16)14-26-20(21)22(29)31-8-2/h9-12,14,19,28H,7-8,13H2,1-6H3. The first kappa shape index (κ1) is 25.3. The second kappa shape index (κ2) is 10.5. The van der Waals surface area contributed by atoms with E-state index in [9.17, 15) is 19.1 Å². The number of aliphatic hydroxyl groups excluding tert-OH is 1. The molecule has 0 aliphatic carbocycles. The number of aromatic nitrogens is 1. The van der Waals surface area contributed by atoms with E-state index in [0.717, 1.165) is 10.5 Å². The minimum absolute atomic E-state index is 0.0921. The Morgan fingerprint density at radius 2 is 1.81 bits per heavy atom. The van der Waals surface area contributed by atoms with Crippen molar-refractivity contribution in [2.45, 2.75) is 66.2 Å². The predicted octanol–water partition coefficient (Wildman–Crippen LogP) is 4.77. The van der Waals surface area contributed by atoms with Gasteiger partial charge in [-0.2, -0.15) is 0 Å². The van der Waals surface area contributed by atoms with Crippen LogP contribution in [0, 0.1) is 12.7 Å². The monoisotopic (exact) mass is 446 g/mol. The first-order chi connectivity index (χ1) is 15.0. The SMILES string of the molecule is CCOC(=O)c1ncc(Cc2ccc(F)cc2)c(C)c1N(C(=O)OC(C)(C)C)C(O)CC. The summed E-state index contributed by atoms with van der Waals surface area (Å²) < 4.78 is 23.9. The molecule has 32 heavy (non-hydrogen) atoms. The molecule has 0 fully saturated rings. The minimum atomic E-state index is -1.25. The highest BCUT2D eigenvalue weighted by Gasteiger charge is 2.34. The first-order valence-corrected chi connectivity index (χ1v) is 10.6. The van der Waals surface area contributed by atoms with E-state index < -0.39 is 23.9 Å². The van der Waals surface area contributed by atoms with Crippen LogP contribution in [0.2, 0.25) is 0 Å². The molecule has 1 unspecified atom stereocenters. The average molecular weight is 447 g/mol. The van der Waals surface area contributed by atoms with Crippen LogP contribution in [0.1, 0.15) is 68.2 Å². The highest BCUT2D eigenvalue weighted by molar-refractivity contribution is 6.00. The number of halogens is 1. The molecule has 8 heteroatoms. The van der Waals surface area contributed by atoms with Gasteiger partial charge in [0.05, 0.1) is 12.3 Å². The van der Waals surface area contributed by atoms with Gasteiger partial charge >= 0.3 is 12.1 Å². The van der Waals surface area contributed by atoms with E-state index in [2.05, 4.69) is 4.98 Å². The Hall–Kier alpha value is -3.00. The van der Waals surface area contributed by atoms with Gasteiger partial charge in [-0.3, -0.25) is 0 Å². The van der Waals surface area contributed by atoms with Crippen LogP contribution in [0.25, 0.3) is 0 Å². The molecule has 0 saturated heterocycles. The maximum absolute atomic E-state index is 13.3. The zero-order valence-electron chi connectivity index (χ0n) is 19.4. The van der Waals surface area contributed by atoms with Crippen molar-refractivity contribution in [1.29, 1.82) is 0 Å². The molecule has 2 rings (SSSR count). The number of nitrogens with zero attached hydrogens (tertiary/aromatic N) is 2. The number of esters is 1. The van der Waals surface area contributed by atoms with Gasteiger partial charge in [0.25, 0.3) is 0 Å². The van der Waals surface area contributed by atoms with Crippen molar-refractivity contribution in [3.63, 3.8) is 0 Å². The molecule has 1 aromatic heterocycles. The van der Waals surface area contributed by atoms with Crippen LogP contribution < -0.4 is 4.90 Å². The number of anilines is 1. The molecule has 1 heterocycles. The van der Waals surface area contributed by atoms with E-state index >= 15 is 0 Å². The number of carbonyl (C=O) groups is 2. The fraction of sp³-hybridized carbons (Fsp3) is 0.458. The molecule has 1 amide bonds. The fourth-order valence-electron chi connectivity index (χ4n) is 3.13. The lowest BCUT2D eigenvalue weighted by Crippen LogP contribution is -2.44. The number of ether oxygens (including phenoxy) is 2. The van der Waals surface area contributed by atoms with Crippen molar-refractivity contribution >= 4 is 17.7 Å². The Kier molecular flexibility index (Phi) is 8.32. The van der Waals surface area contributed by atoms with Crippen molar-refractivity contribution in [3.8, 4) is 0 Å². The van der Waals surface area contributed by atoms with Gasteiger partial charge in [-0.25, -0.2) is 23.9 Å². The van der Waals surface area contributed by atoms with Gasteiger partial charge in [0.1, 0.15) is 17.6 Å². The van der Waals surface area contributed by atoms with Gasteiger partial charge in [0.2, 0.25) is 0 Å². The summed E-state index contributed by atoms with van der Waals surface area (Å²) in [6, 6.07) is 6.03. The summed E-state index contributed by atoms with van der Waals surface area (Å²) in [6.45, 7) is 10.4. The molecule has 0 aliphatic rings. The molecule has 0 saturated carbocycles. The van der Waals surface area contributed by atoms with Crippen LogP contribution in [-0.4, -0.2) is 40.6 Å². The number of pyridine rings is 1. The Balaban J connectivity index is 2.65. The fourth-order valence-corrected chi connectivity index (χ4v) is 3.13. The molecule has 0 spiro atoms. The van der Waals surface area contributed by atoms with Gasteiger partial charge < -0.3 is 14.6 Å². The van der Waals surface area contributed by atoms with Crippen LogP contribution in [0.5, 0.6) is 0 Å². The molecule has 0 radical (unpaired) electrons. The van der Waals surface area contributed by atoms with Crippen LogP contribution in [-0.2, 0) is 15.9 Å². The average Bonchev–Trinajstić information content (AvgIpc) is 2.71. The lowest BCUT2D eigenvalue weighted by molar-refractivity contribution is 0.0465. The van der Waals surface area contributed by atoms with Crippen molar-refractivity contribution in [3.05, 3.63) is 58.7 Å². The van der Waals surface area contributed by atoms with Gasteiger partial charge in [-0.05, 0) is 76.3 Å². The van der Waals surface area contributed by atoms with E-state index in [1.54, 1.807) is 53.7 Å². The maximum Gasteiger partial charge on any atom is 0.417 e. The number of hydrogen-bond acceptors (Lipinski definition) is 6. The molecule has 2 aromatic rings. The third kappa shape index (κ3) is 6.26. The van der Waals surface area contributed by atoms with E-state index in [1.165, 1.54) is 18.3 Å². The molecule has 1 N–H and O–H groups in total. The molecular formula is C24H31FN2O5. The summed E-state index contributed by atoms with van der Waals surface area (Å²) >= 11 is 0. The summed E-state index contributed by atoms with van der Waals surface area (Å²) in [4.78, 5) is 31.1. The molecule has 0 aliphatic heterocycles. The molecule has 7 nitrogen and oxygen atoms in total. The van der Waals surface area contributed by atoms with Crippen molar-refractivity contribution in [1.82, 2.24) is 4.98 Å². The molecule has 1 aromatic carbocycles. The number of aliphatic hydroxyl groups is 1. The first-order valence-electron chi connectivity index (χ1n) is 10.6. The normalized spacial score (nSPS) is 12.2. The molecular weight excluding hydrogens is 415 g/mol. The summed E-state index contributed by atoms with van der Waals surface area (Å²) in [6.07, 6.45) is 0.0591. The lowest BCUT2D eigenvalue weighted by atomic mass is 9.99. The number of carbonyl (C=O) groups excluding carboxylic acids is 2. The summed E-state index contributed by atoms with van der Waals surface area (Å²) in [5, 5.41) is 10.7. The number of amides is 1. The molecule has 174 valence electrons. The van der Waals surface area contributed by atoms with E-state index in [0.29, 0.717) is 17.5 Å². The topological polar surface area (TPSA) is 89.0 Å². The van der Waals surface area contributed by atoms with Crippen molar-refractivity contribution in [2.75, 3.05) is 11.5 Å². The Bertz CT molecular complexity index is 954. The Morgan fingerprint density at radius 1 is 1.19 bits per heavy atom. The van der Waals surface area contributed by atoms with Gasteiger partial charge in [-0.1, -0.05) is 19.1 Å². The second-order valence-corrected chi connectivity index (χ2v) is 8.37. The highest BCUT2D eigenvalue weighted by Crippen LogP contribution is 2.32. The number of hydrogen-bond donors (Lipinski definition) is 1. The predicted molar refractivity (Wildman–Crippen MR) is 119 cm³/mol. The van der Waals surface area contributed by atoms with Gasteiger partial charge in [-0.15, -0.1) is 0 Å². The van der Waals surface area contributed by atoms with E-state index in [1.807, 2.05) is 0 Å². The minimum Gasteiger partial charge on any atom is -0.461 e. The quantitative estimate of drug-likeness (QED) is 0.487. The maximum atomic E-state index is 13.3. The van der Waals surface area contributed by atoms with Crippen LogP contribution in [0.3, 0.4) is 0 Å². The number of benzene rings is 1. The smallest absolute Gasteiger partial charge is 0.417 e. The molecule has 0 bridgehead atoms. The largest absolute Gasteiger partial charge is 0.461 e. The second-order valence-electron chi connectivity index (χ2n) is 8.37. The summed E-state index contributed by atoms with van der Waals surface area (Å²) in [7, 11) is 0. The molecule has 1 atom stereocenters. The lowest BCUT2D eigenvalue weighted by Gasteiger charge is -2.32. The highest BCUT2D eigenvalue weighted by atomic mass is 19.1. The zero-order chi connectivity index (χ0) is 24.1. The van der Waals surface area contributed by atoms with E-state index in [4.69, 9.17) is 9.47 Å². The van der Waals surface area contributed by atoms with Crippen LogP contribution in [0.4, 0.5) is 14.9 Å². The third-order valence-corrected chi connectivity index (χ3v) is 4.68. The van der Waals surface area contributed by atoms with Gasteiger partial charge in [0, 0.05) is 6.20 Å². The summed E-state index contributed by atoms with van der Waals surface area (Å²) in [5.74, 6) is -1.06. The zero-order valence-corrected chi connectivity index (χ0v) is 19.4. The Labute approximate surface area is 188 Å². The van der Waals surface area contributed by atoms with Crippen molar-refractivity contribution in [2.24, 2.45) is 0 Å². The summed E-state index contributed by atoms with van der Waals surface area (Å²) in [5.41, 5.74) is 1.31. The van der Waals surface area contributed by atoms with E-state index in [-0.39, 0.29) is 30.2 Å². The Morgan fingerprint density at radius 3 is 2.34 bits per heavy atom. The van der Waals surface area contributed by atoms with Gasteiger partial charge in [0.15, 0.2) is 5.69 Å². The van der Waals surface area contributed by atoms with Crippen LogP contribution in [0.15, 0.2) is 30.5 Å².